The SMILES string of the molecule is Nc1nc(NCCc2ccccc2)nc2c1ncn2C1OC(CO)C(O)C1O. The molecule has 0 amide bonds. The van der Waals surface area contributed by atoms with E-state index in [1.807, 2.05) is 30.3 Å². The molecule has 10 nitrogen and oxygen atoms in total. The molecule has 4 unspecified atom stereocenters. The molecule has 1 aliphatic rings. The number of nitrogen functional groups attached to an aromatic ring is 1. The van der Waals surface area contributed by atoms with Gasteiger partial charge in [0.1, 0.15) is 23.8 Å². The first-order valence-electron chi connectivity index (χ1n) is 8.98. The Balaban J connectivity index is 1.56. The summed E-state index contributed by atoms with van der Waals surface area (Å²) in [4.78, 5) is 12.9. The highest BCUT2D eigenvalue weighted by Gasteiger charge is 2.44. The molecule has 2 aromatic heterocycles. The van der Waals surface area contributed by atoms with Gasteiger partial charge < -0.3 is 31.1 Å². The topological polar surface area (TPSA) is 152 Å². The quantitative estimate of drug-likeness (QED) is 0.383. The van der Waals surface area contributed by atoms with Crippen LogP contribution in [-0.2, 0) is 11.2 Å². The molecular formula is C18H22N6O4. The van der Waals surface area contributed by atoms with Crippen LogP contribution < -0.4 is 11.1 Å². The lowest BCUT2D eigenvalue weighted by atomic mass is 10.1. The van der Waals surface area contributed by atoms with Crippen LogP contribution in [0.5, 0.6) is 0 Å². The number of aromatic nitrogens is 4. The van der Waals surface area contributed by atoms with Crippen molar-refractivity contribution in [2.24, 2.45) is 0 Å². The number of rotatable bonds is 6. The van der Waals surface area contributed by atoms with E-state index in [0.29, 0.717) is 23.7 Å². The second-order valence-corrected chi connectivity index (χ2v) is 6.65. The smallest absolute Gasteiger partial charge is 0.226 e. The Kier molecular flexibility index (Phi) is 5.09. The summed E-state index contributed by atoms with van der Waals surface area (Å²) in [5, 5.41) is 32.7. The van der Waals surface area contributed by atoms with Gasteiger partial charge in [0, 0.05) is 6.54 Å². The molecule has 10 heteroatoms. The number of benzene rings is 1. The summed E-state index contributed by atoms with van der Waals surface area (Å²) in [5.74, 6) is 0.520. The van der Waals surface area contributed by atoms with Gasteiger partial charge in [-0.1, -0.05) is 30.3 Å². The Labute approximate surface area is 160 Å². The second kappa shape index (κ2) is 7.68. The van der Waals surface area contributed by atoms with E-state index in [-0.39, 0.29) is 5.82 Å². The summed E-state index contributed by atoms with van der Waals surface area (Å²) in [7, 11) is 0. The number of nitrogens with one attached hydrogen (secondary N) is 1. The van der Waals surface area contributed by atoms with Crippen molar-refractivity contribution in [2.45, 2.75) is 31.0 Å². The first-order valence-corrected chi connectivity index (χ1v) is 8.98. The molecule has 0 spiro atoms. The van der Waals surface area contributed by atoms with Crippen molar-refractivity contribution in [3.63, 3.8) is 0 Å². The minimum Gasteiger partial charge on any atom is -0.394 e. The van der Waals surface area contributed by atoms with E-state index in [9.17, 15) is 15.3 Å². The van der Waals surface area contributed by atoms with Crippen LogP contribution in [0.1, 0.15) is 11.8 Å². The van der Waals surface area contributed by atoms with Gasteiger partial charge in [0.2, 0.25) is 5.95 Å². The molecule has 1 saturated heterocycles. The summed E-state index contributed by atoms with van der Waals surface area (Å²) in [6.45, 7) is 0.196. The highest BCUT2D eigenvalue weighted by Crippen LogP contribution is 2.32. The van der Waals surface area contributed by atoms with Crippen LogP contribution in [0.25, 0.3) is 11.2 Å². The Hall–Kier alpha value is -2.79. The molecule has 1 aliphatic heterocycles. The summed E-state index contributed by atoms with van der Waals surface area (Å²) < 4.78 is 7.04. The summed E-state index contributed by atoms with van der Waals surface area (Å²) in [6, 6.07) is 10.0. The molecule has 1 fully saturated rings. The minimum absolute atomic E-state index is 0.192. The van der Waals surface area contributed by atoms with Gasteiger partial charge in [-0.3, -0.25) is 4.57 Å². The van der Waals surface area contributed by atoms with E-state index in [1.54, 1.807) is 0 Å². The van der Waals surface area contributed by atoms with Crippen LogP contribution in [0.3, 0.4) is 0 Å². The van der Waals surface area contributed by atoms with Gasteiger partial charge in [-0.25, -0.2) is 4.98 Å². The maximum absolute atomic E-state index is 10.3. The predicted octanol–water partition coefficient (Wildman–Crippen LogP) is -0.325. The fraction of sp³-hybridized carbons (Fsp3) is 0.389. The maximum atomic E-state index is 10.3. The molecule has 0 bridgehead atoms. The van der Waals surface area contributed by atoms with Crippen molar-refractivity contribution in [2.75, 3.05) is 24.2 Å². The number of hydrogen-bond acceptors (Lipinski definition) is 9. The zero-order chi connectivity index (χ0) is 19.7. The lowest BCUT2D eigenvalue weighted by Crippen LogP contribution is -2.33. The molecular weight excluding hydrogens is 364 g/mol. The van der Waals surface area contributed by atoms with E-state index in [1.165, 1.54) is 16.5 Å². The number of nitrogens with zero attached hydrogens (tertiary/aromatic N) is 4. The van der Waals surface area contributed by atoms with Crippen molar-refractivity contribution >= 4 is 22.9 Å². The van der Waals surface area contributed by atoms with Crippen molar-refractivity contribution in [3.05, 3.63) is 42.2 Å². The van der Waals surface area contributed by atoms with Crippen molar-refractivity contribution in [3.8, 4) is 0 Å². The largest absolute Gasteiger partial charge is 0.394 e. The number of aliphatic hydroxyl groups excluding tert-OH is 3. The fourth-order valence-corrected chi connectivity index (χ4v) is 3.28. The molecule has 6 N–H and O–H groups in total. The first kappa shape index (κ1) is 18.6. The normalized spacial score (nSPS) is 24.7. The molecule has 28 heavy (non-hydrogen) atoms. The van der Waals surface area contributed by atoms with Crippen molar-refractivity contribution in [1.82, 2.24) is 19.5 Å². The fourth-order valence-electron chi connectivity index (χ4n) is 3.28. The lowest BCUT2D eigenvalue weighted by Gasteiger charge is -2.16. The van der Waals surface area contributed by atoms with Crippen molar-refractivity contribution < 1.29 is 20.1 Å². The standard InChI is InChI=1S/C18H22N6O4/c19-15-12-16(23-18(22-15)20-7-6-10-4-2-1-3-5-10)24(9-21-12)17-14(27)13(26)11(8-25)28-17/h1-5,9,11,13-14,17,25-27H,6-8H2,(H3,19,20,22,23). The van der Waals surface area contributed by atoms with E-state index in [4.69, 9.17) is 10.5 Å². The predicted molar refractivity (Wildman–Crippen MR) is 101 cm³/mol. The Morgan fingerprint density at radius 1 is 1.14 bits per heavy atom. The summed E-state index contributed by atoms with van der Waals surface area (Å²) >= 11 is 0. The molecule has 0 radical (unpaired) electrons. The number of nitrogens with two attached hydrogens (primary N) is 1. The number of aliphatic hydroxyl groups is 3. The third kappa shape index (κ3) is 3.38. The van der Waals surface area contributed by atoms with Gasteiger partial charge >= 0.3 is 0 Å². The summed E-state index contributed by atoms with van der Waals surface area (Å²) in [6.07, 6.45) is -2.07. The van der Waals surface area contributed by atoms with Gasteiger partial charge in [0.05, 0.1) is 12.9 Å². The maximum Gasteiger partial charge on any atom is 0.226 e. The van der Waals surface area contributed by atoms with Gasteiger partial charge in [-0.05, 0) is 12.0 Å². The minimum atomic E-state index is -1.24. The Morgan fingerprint density at radius 2 is 1.93 bits per heavy atom. The number of anilines is 2. The third-order valence-electron chi connectivity index (χ3n) is 4.78. The van der Waals surface area contributed by atoms with Gasteiger partial charge in [0.15, 0.2) is 17.7 Å². The molecule has 0 saturated carbocycles. The van der Waals surface area contributed by atoms with E-state index in [0.717, 1.165) is 6.42 Å². The number of hydrogen-bond donors (Lipinski definition) is 5. The Bertz CT molecular complexity index is 950. The molecule has 4 rings (SSSR count). The number of ether oxygens (including phenoxy) is 1. The first-order chi connectivity index (χ1) is 13.6. The molecule has 3 aromatic rings. The number of fused-ring (bicyclic) bond motifs is 1. The van der Waals surface area contributed by atoms with E-state index >= 15 is 0 Å². The van der Waals surface area contributed by atoms with Crippen LogP contribution in [0.2, 0.25) is 0 Å². The van der Waals surface area contributed by atoms with E-state index in [2.05, 4.69) is 20.3 Å². The molecule has 4 atom stereocenters. The van der Waals surface area contributed by atoms with Crippen molar-refractivity contribution in [1.29, 1.82) is 0 Å². The zero-order valence-corrected chi connectivity index (χ0v) is 15.0. The van der Waals surface area contributed by atoms with Crippen LogP contribution in [0.4, 0.5) is 11.8 Å². The van der Waals surface area contributed by atoms with Gasteiger partial charge in [0.25, 0.3) is 0 Å². The molecule has 1 aromatic carbocycles. The number of imidazole rings is 1. The van der Waals surface area contributed by atoms with Gasteiger partial charge in [-0.2, -0.15) is 9.97 Å². The molecule has 148 valence electrons. The average molecular weight is 386 g/mol. The third-order valence-corrected chi connectivity index (χ3v) is 4.78. The van der Waals surface area contributed by atoms with Crippen LogP contribution >= 0.6 is 0 Å². The van der Waals surface area contributed by atoms with E-state index < -0.39 is 31.1 Å². The lowest BCUT2D eigenvalue weighted by molar-refractivity contribution is -0.0511. The van der Waals surface area contributed by atoms with Crippen LogP contribution in [0, 0.1) is 0 Å². The Morgan fingerprint density at radius 3 is 2.64 bits per heavy atom. The highest BCUT2D eigenvalue weighted by molar-refractivity contribution is 5.83. The average Bonchev–Trinajstić information content (AvgIpc) is 3.24. The second-order valence-electron chi connectivity index (χ2n) is 6.65. The van der Waals surface area contributed by atoms with Crippen LogP contribution in [0.15, 0.2) is 36.7 Å². The zero-order valence-electron chi connectivity index (χ0n) is 15.0. The molecule has 0 aliphatic carbocycles. The molecule has 3 heterocycles. The van der Waals surface area contributed by atoms with Gasteiger partial charge in [-0.15, -0.1) is 0 Å². The monoisotopic (exact) mass is 386 g/mol. The van der Waals surface area contributed by atoms with Crippen LogP contribution in [-0.4, -0.2) is 66.3 Å². The summed E-state index contributed by atoms with van der Waals surface area (Å²) in [5.41, 5.74) is 7.92. The highest BCUT2D eigenvalue weighted by atomic mass is 16.6.